The second-order valence-electron chi connectivity index (χ2n) is 4.68. The van der Waals surface area contributed by atoms with E-state index in [1.165, 1.54) is 5.56 Å². The number of benzene rings is 1. The van der Waals surface area contributed by atoms with Crippen molar-refractivity contribution in [3.05, 3.63) is 23.8 Å². The molecule has 2 rings (SSSR count). The van der Waals surface area contributed by atoms with Gasteiger partial charge in [0.25, 0.3) is 0 Å². The van der Waals surface area contributed by atoms with Gasteiger partial charge in [-0.05, 0) is 43.4 Å². The summed E-state index contributed by atoms with van der Waals surface area (Å²) in [5.41, 5.74) is 9.24. The lowest BCUT2D eigenvalue weighted by Gasteiger charge is -2.20. The smallest absolute Gasteiger partial charge is 0.0600 e. The van der Waals surface area contributed by atoms with E-state index in [0.717, 1.165) is 37.3 Å². The second-order valence-corrected chi connectivity index (χ2v) is 4.68. The highest BCUT2D eigenvalue weighted by Crippen LogP contribution is 2.30. The van der Waals surface area contributed by atoms with Crippen LogP contribution in [0.15, 0.2) is 18.2 Å². The van der Waals surface area contributed by atoms with E-state index in [9.17, 15) is 0 Å². The molecule has 1 saturated heterocycles. The molecule has 1 aromatic carbocycles. The lowest BCUT2D eigenvalue weighted by Crippen LogP contribution is -2.21. The molecule has 0 spiro atoms. The molecule has 1 aliphatic rings. The van der Waals surface area contributed by atoms with Gasteiger partial charge in [0, 0.05) is 19.7 Å². The first-order valence-corrected chi connectivity index (χ1v) is 5.92. The number of rotatable bonds is 3. The van der Waals surface area contributed by atoms with E-state index in [1.807, 2.05) is 6.07 Å². The number of hydrogen-bond donors (Lipinski definition) is 2. The maximum atomic E-state index is 8.93. The largest absolute Gasteiger partial charge is 0.397 e. The highest BCUT2D eigenvalue weighted by Gasteiger charge is 2.23. The number of hydrogen-bond acceptors (Lipinski definition) is 3. The van der Waals surface area contributed by atoms with E-state index in [0.29, 0.717) is 12.5 Å². The van der Waals surface area contributed by atoms with E-state index in [-0.39, 0.29) is 0 Å². The van der Waals surface area contributed by atoms with Gasteiger partial charge in [-0.2, -0.15) is 0 Å². The molecule has 0 amide bonds. The summed E-state index contributed by atoms with van der Waals surface area (Å²) < 4.78 is 0. The van der Waals surface area contributed by atoms with Gasteiger partial charge in [-0.15, -0.1) is 0 Å². The molecule has 1 unspecified atom stereocenters. The molecule has 3 N–H and O–H groups in total. The lowest BCUT2D eigenvalue weighted by molar-refractivity contribution is 0.263. The predicted octanol–water partition coefficient (Wildman–Crippen LogP) is 1.79. The molecule has 1 fully saturated rings. The van der Waals surface area contributed by atoms with Gasteiger partial charge < -0.3 is 15.7 Å². The Bertz CT molecular complexity index is 365. The summed E-state index contributed by atoms with van der Waals surface area (Å²) in [5, 5.41) is 8.93. The van der Waals surface area contributed by atoms with Crippen LogP contribution in [0.25, 0.3) is 0 Å². The zero-order chi connectivity index (χ0) is 11.5. The van der Waals surface area contributed by atoms with Crippen molar-refractivity contribution in [2.24, 2.45) is 5.92 Å². The summed E-state index contributed by atoms with van der Waals surface area (Å²) >= 11 is 0. The first-order chi connectivity index (χ1) is 7.70. The lowest BCUT2D eigenvalue weighted by atomic mass is 10.1. The normalized spacial score (nSPS) is 20.4. The predicted molar refractivity (Wildman–Crippen MR) is 67.6 cm³/mol. The Morgan fingerprint density at radius 1 is 1.50 bits per heavy atom. The minimum atomic E-state index is 0.294. The van der Waals surface area contributed by atoms with Crippen molar-refractivity contribution >= 4 is 11.4 Å². The Hall–Kier alpha value is -1.22. The fraction of sp³-hybridized carbons (Fsp3) is 0.538. The van der Waals surface area contributed by atoms with Gasteiger partial charge in [-0.25, -0.2) is 0 Å². The maximum absolute atomic E-state index is 8.93. The van der Waals surface area contributed by atoms with E-state index in [1.54, 1.807) is 0 Å². The third-order valence-corrected chi connectivity index (χ3v) is 3.35. The molecule has 1 aromatic rings. The first kappa shape index (κ1) is 11.3. The molecule has 3 nitrogen and oxygen atoms in total. The number of nitrogens with zero attached hydrogens (tertiary/aromatic N) is 1. The summed E-state index contributed by atoms with van der Waals surface area (Å²) in [7, 11) is 0. The average molecular weight is 220 g/mol. The third-order valence-electron chi connectivity index (χ3n) is 3.35. The van der Waals surface area contributed by atoms with Crippen molar-refractivity contribution < 1.29 is 5.11 Å². The van der Waals surface area contributed by atoms with E-state index < -0.39 is 0 Å². The number of aliphatic hydroxyl groups excluding tert-OH is 1. The third kappa shape index (κ3) is 2.30. The van der Waals surface area contributed by atoms with Gasteiger partial charge in [-0.1, -0.05) is 6.07 Å². The van der Waals surface area contributed by atoms with E-state index >= 15 is 0 Å². The van der Waals surface area contributed by atoms with Crippen molar-refractivity contribution in [1.82, 2.24) is 0 Å². The fourth-order valence-electron chi connectivity index (χ4n) is 2.43. The first-order valence-electron chi connectivity index (χ1n) is 5.92. The Labute approximate surface area is 96.9 Å². The molecule has 1 aliphatic heterocycles. The highest BCUT2D eigenvalue weighted by molar-refractivity contribution is 5.68. The number of nitrogens with two attached hydrogens (primary N) is 1. The van der Waals surface area contributed by atoms with Crippen molar-refractivity contribution in [2.75, 3.05) is 30.3 Å². The molecular formula is C13H20N2O. The molecular weight excluding hydrogens is 200 g/mol. The van der Waals surface area contributed by atoms with Crippen LogP contribution in [-0.2, 0) is 0 Å². The SMILES string of the molecule is Cc1ccc(N2CCC(CCO)C2)c(N)c1. The van der Waals surface area contributed by atoms with Crippen molar-refractivity contribution in [3.63, 3.8) is 0 Å². The molecule has 1 atom stereocenters. The summed E-state index contributed by atoms with van der Waals surface area (Å²) in [6, 6.07) is 6.23. The molecule has 0 saturated carbocycles. The quantitative estimate of drug-likeness (QED) is 0.763. The second kappa shape index (κ2) is 4.74. The van der Waals surface area contributed by atoms with E-state index in [2.05, 4.69) is 24.0 Å². The highest BCUT2D eigenvalue weighted by atomic mass is 16.3. The van der Waals surface area contributed by atoms with Crippen LogP contribution in [0.2, 0.25) is 0 Å². The Morgan fingerprint density at radius 3 is 3.00 bits per heavy atom. The summed E-state index contributed by atoms with van der Waals surface area (Å²) in [5.74, 6) is 0.616. The van der Waals surface area contributed by atoms with Crippen LogP contribution in [0.5, 0.6) is 0 Å². The Kier molecular flexibility index (Phi) is 3.34. The van der Waals surface area contributed by atoms with Crippen LogP contribution in [0.1, 0.15) is 18.4 Å². The van der Waals surface area contributed by atoms with Crippen molar-refractivity contribution in [1.29, 1.82) is 0 Å². The van der Waals surface area contributed by atoms with Gasteiger partial charge in [-0.3, -0.25) is 0 Å². The fourth-order valence-corrected chi connectivity index (χ4v) is 2.43. The molecule has 0 aromatic heterocycles. The maximum Gasteiger partial charge on any atom is 0.0600 e. The minimum absolute atomic E-state index is 0.294. The number of nitrogen functional groups attached to an aromatic ring is 1. The number of anilines is 2. The van der Waals surface area contributed by atoms with Crippen LogP contribution in [0, 0.1) is 12.8 Å². The molecule has 3 heteroatoms. The van der Waals surface area contributed by atoms with Gasteiger partial charge in [0.2, 0.25) is 0 Å². The van der Waals surface area contributed by atoms with Crippen LogP contribution >= 0.6 is 0 Å². The van der Waals surface area contributed by atoms with Gasteiger partial charge in [0.1, 0.15) is 0 Å². The molecule has 16 heavy (non-hydrogen) atoms. The monoisotopic (exact) mass is 220 g/mol. The number of aliphatic hydroxyl groups is 1. The zero-order valence-electron chi connectivity index (χ0n) is 9.82. The Morgan fingerprint density at radius 2 is 2.31 bits per heavy atom. The van der Waals surface area contributed by atoms with Gasteiger partial charge in [0.15, 0.2) is 0 Å². The van der Waals surface area contributed by atoms with Crippen molar-refractivity contribution in [2.45, 2.75) is 19.8 Å². The van der Waals surface area contributed by atoms with Crippen LogP contribution in [-0.4, -0.2) is 24.8 Å². The van der Waals surface area contributed by atoms with Crippen LogP contribution < -0.4 is 10.6 Å². The topological polar surface area (TPSA) is 49.5 Å². The molecule has 0 bridgehead atoms. The van der Waals surface area contributed by atoms with E-state index in [4.69, 9.17) is 10.8 Å². The van der Waals surface area contributed by atoms with Crippen LogP contribution in [0.3, 0.4) is 0 Å². The summed E-state index contributed by atoms with van der Waals surface area (Å²) in [4.78, 5) is 2.33. The summed E-state index contributed by atoms with van der Waals surface area (Å²) in [6.07, 6.45) is 2.07. The minimum Gasteiger partial charge on any atom is -0.397 e. The Balaban J connectivity index is 2.08. The molecule has 0 radical (unpaired) electrons. The van der Waals surface area contributed by atoms with Crippen molar-refractivity contribution in [3.8, 4) is 0 Å². The number of aryl methyl sites for hydroxylation is 1. The summed E-state index contributed by atoms with van der Waals surface area (Å²) in [6.45, 7) is 4.42. The van der Waals surface area contributed by atoms with Gasteiger partial charge >= 0.3 is 0 Å². The van der Waals surface area contributed by atoms with Gasteiger partial charge in [0.05, 0.1) is 11.4 Å². The molecule has 1 heterocycles. The molecule has 0 aliphatic carbocycles. The standard InChI is InChI=1S/C13H20N2O/c1-10-2-3-13(12(14)8-10)15-6-4-11(9-15)5-7-16/h2-3,8,11,16H,4-7,9,14H2,1H3. The zero-order valence-corrected chi connectivity index (χ0v) is 9.82. The molecule has 88 valence electrons. The van der Waals surface area contributed by atoms with Crippen LogP contribution in [0.4, 0.5) is 11.4 Å². The average Bonchev–Trinajstić information content (AvgIpc) is 2.67.